The van der Waals surface area contributed by atoms with Gasteiger partial charge < -0.3 is 9.47 Å². The smallest absolute Gasteiger partial charge is 0.169 e. The summed E-state index contributed by atoms with van der Waals surface area (Å²) in [6.07, 6.45) is 0. The summed E-state index contributed by atoms with van der Waals surface area (Å²) in [5.74, 6) is 1.59. The Morgan fingerprint density at radius 2 is 1.45 bits per heavy atom. The van der Waals surface area contributed by atoms with Gasteiger partial charge in [0, 0.05) is 5.56 Å². The molecule has 2 heteroatoms. The van der Waals surface area contributed by atoms with Crippen LogP contribution in [0.1, 0.15) is 0 Å². The number of hydrogen-bond donors (Lipinski definition) is 0. The highest BCUT2D eigenvalue weighted by Gasteiger charge is 2.26. The van der Waals surface area contributed by atoms with Gasteiger partial charge >= 0.3 is 0 Å². The first kappa shape index (κ1) is 11.4. The Morgan fingerprint density at radius 1 is 0.700 bits per heavy atom. The van der Waals surface area contributed by atoms with Crippen LogP contribution in [0.3, 0.4) is 0 Å². The normalized spacial score (nSPS) is 11.5. The van der Waals surface area contributed by atoms with Crippen LogP contribution < -0.4 is 9.47 Å². The van der Waals surface area contributed by atoms with Crippen LogP contribution in [0.5, 0.6) is 11.5 Å². The second-order valence-electron chi connectivity index (χ2n) is 4.93. The molecule has 0 saturated carbocycles. The Morgan fingerprint density at radius 3 is 2.15 bits per heavy atom. The van der Waals surface area contributed by atoms with Gasteiger partial charge in [-0.1, -0.05) is 36.4 Å². The predicted octanol–water partition coefficient (Wildman–Crippen LogP) is 4.50. The number of benzene rings is 3. The number of rotatable bonds is 2. The van der Waals surface area contributed by atoms with Crippen molar-refractivity contribution in [3.63, 3.8) is 0 Å². The molecule has 3 aromatic rings. The average Bonchev–Trinajstić information content (AvgIpc) is 2.83. The van der Waals surface area contributed by atoms with Crippen LogP contribution in [0.2, 0.25) is 0 Å². The minimum absolute atomic E-state index is 0.774. The largest absolute Gasteiger partial charge is 0.493 e. The molecule has 98 valence electrons. The molecule has 0 atom stereocenters. The SMILES string of the molecule is COc1ccc2c(c1OC)-c1cccc3cccc-2c13. The number of hydrogen-bond acceptors (Lipinski definition) is 2. The number of methoxy groups -OCH3 is 2. The molecule has 0 radical (unpaired) electrons. The average molecular weight is 262 g/mol. The van der Waals surface area contributed by atoms with Crippen molar-refractivity contribution in [1.82, 2.24) is 0 Å². The third kappa shape index (κ3) is 1.28. The van der Waals surface area contributed by atoms with Gasteiger partial charge in [0.25, 0.3) is 0 Å². The summed E-state index contributed by atoms with van der Waals surface area (Å²) in [6.45, 7) is 0. The van der Waals surface area contributed by atoms with E-state index in [4.69, 9.17) is 9.47 Å². The van der Waals surface area contributed by atoms with Crippen LogP contribution in [0, 0.1) is 0 Å². The minimum Gasteiger partial charge on any atom is -0.493 e. The fourth-order valence-electron chi connectivity index (χ4n) is 3.19. The summed E-state index contributed by atoms with van der Waals surface area (Å²) in [4.78, 5) is 0. The predicted molar refractivity (Wildman–Crippen MR) is 81.5 cm³/mol. The van der Waals surface area contributed by atoms with Gasteiger partial charge in [0.2, 0.25) is 0 Å². The Bertz CT molecular complexity index is 829. The summed E-state index contributed by atoms with van der Waals surface area (Å²) >= 11 is 0. The minimum atomic E-state index is 0.774. The maximum Gasteiger partial charge on any atom is 0.169 e. The zero-order valence-corrected chi connectivity index (χ0v) is 11.4. The van der Waals surface area contributed by atoms with Gasteiger partial charge in [0.1, 0.15) is 0 Å². The molecule has 0 unspecified atom stereocenters. The van der Waals surface area contributed by atoms with E-state index in [9.17, 15) is 0 Å². The van der Waals surface area contributed by atoms with Crippen LogP contribution >= 0.6 is 0 Å². The van der Waals surface area contributed by atoms with Gasteiger partial charge in [-0.2, -0.15) is 0 Å². The zero-order valence-electron chi connectivity index (χ0n) is 11.4. The first-order valence-electron chi connectivity index (χ1n) is 6.62. The van der Waals surface area contributed by atoms with Gasteiger partial charge in [-0.3, -0.25) is 0 Å². The van der Waals surface area contributed by atoms with Crippen molar-refractivity contribution in [2.24, 2.45) is 0 Å². The van der Waals surface area contributed by atoms with Crippen LogP contribution in [0.4, 0.5) is 0 Å². The van der Waals surface area contributed by atoms with E-state index in [1.807, 2.05) is 6.07 Å². The van der Waals surface area contributed by atoms with Crippen LogP contribution in [-0.4, -0.2) is 14.2 Å². The van der Waals surface area contributed by atoms with E-state index < -0.39 is 0 Å². The molecule has 0 fully saturated rings. The van der Waals surface area contributed by atoms with Crippen molar-refractivity contribution in [2.45, 2.75) is 0 Å². The topological polar surface area (TPSA) is 18.5 Å². The van der Waals surface area contributed by atoms with Crippen molar-refractivity contribution < 1.29 is 9.47 Å². The van der Waals surface area contributed by atoms with E-state index in [2.05, 4.69) is 42.5 Å². The molecule has 1 aliphatic rings. The second-order valence-corrected chi connectivity index (χ2v) is 4.93. The van der Waals surface area contributed by atoms with Crippen LogP contribution in [0.15, 0.2) is 48.5 Å². The fourth-order valence-corrected chi connectivity index (χ4v) is 3.19. The van der Waals surface area contributed by atoms with E-state index in [1.165, 1.54) is 27.5 Å². The second kappa shape index (κ2) is 4.01. The summed E-state index contributed by atoms with van der Waals surface area (Å²) < 4.78 is 11.0. The van der Waals surface area contributed by atoms with Crippen molar-refractivity contribution in [1.29, 1.82) is 0 Å². The molecule has 2 nitrogen and oxygen atoms in total. The van der Waals surface area contributed by atoms with E-state index in [0.29, 0.717) is 0 Å². The van der Waals surface area contributed by atoms with Crippen molar-refractivity contribution >= 4 is 10.8 Å². The van der Waals surface area contributed by atoms with Gasteiger partial charge in [-0.25, -0.2) is 0 Å². The van der Waals surface area contributed by atoms with E-state index in [-0.39, 0.29) is 0 Å². The van der Waals surface area contributed by atoms with E-state index in [0.717, 1.165) is 17.1 Å². The molecule has 4 rings (SSSR count). The number of fused-ring (bicyclic) bond motifs is 3. The lowest BCUT2D eigenvalue weighted by atomic mass is 10.0. The lowest BCUT2D eigenvalue weighted by Gasteiger charge is -2.13. The Kier molecular flexibility index (Phi) is 2.27. The van der Waals surface area contributed by atoms with E-state index >= 15 is 0 Å². The van der Waals surface area contributed by atoms with Crippen LogP contribution in [-0.2, 0) is 0 Å². The van der Waals surface area contributed by atoms with E-state index in [1.54, 1.807) is 14.2 Å². The lowest BCUT2D eigenvalue weighted by molar-refractivity contribution is 0.356. The Balaban J connectivity index is 2.19. The highest BCUT2D eigenvalue weighted by molar-refractivity contribution is 6.16. The molecule has 0 amide bonds. The monoisotopic (exact) mass is 262 g/mol. The summed E-state index contributed by atoms with van der Waals surface area (Å²) in [5, 5.41) is 2.56. The molecular weight excluding hydrogens is 248 g/mol. The standard InChI is InChI=1S/C18H14O2/c1-19-15-10-9-13-12-7-3-5-11-6-4-8-14(16(11)12)17(13)18(15)20-2/h3-10H,1-2H3. The zero-order chi connectivity index (χ0) is 13.7. The molecule has 0 aliphatic heterocycles. The van der Waals surface area contributed by atoms with Gasteiger partial charge in [0.15, 0.2) is 11.5 Å². The quantitative estimate of drug-likeness (QED) is 0.529. The molecule has 0 bridgehead atoms. The third-order valence-electron chi connectivity index (χ3n) is 4.01. The van der Waals surface area contributed by atoms with Gasteiger partial charge in [-0.15, -0.1) is 0 Å². The third-order valence-corrected chi connectivity index (χ3v) is 4.01. The lowest BCUT2D eigenvalue weighted by Crippen LogP contribution is -1.93. The molecule has 0 spiro atoms. The van der Waals surface area contributed by atoms with Gasteiger partial charge in [0.05, 0.1) is 14.2 Å². The highest BCUT2D eigenvalue weighted by atomic mass is 16.5. The Hall–Kier alpha value is -2.48. The molecule has 0 saturated heterocycles. The van der Waals surface area contributed by atoms with Gasteiger partial charge in [-0.05, 0) is 39.6 Å². The molecule has 0 heterocycles. The summed E-state index contributed by atoms with van der Waals surface area (Å²) in [7, 11) is 3.37. The maximum absolute atomic E-state index is 5.62. The van der Waals surface area contributed by atoms with Crippen molar-refractivity contribution in [3.05, 3.63) is 48.5 Å². The fraction of sp³-hybridized carbons (Fsp3) is 0.111. The molecule has 1 aliphatic carbocycles. The molecule has 20 heavy (non-hydrogen) atoms. The van der Waals surface area contributed by atoms with Crippen molar-refractivity contribution in [3.8, 4) is 33.8 Å². The molecule has 0 aromatic heterocycles. The van der Waals surface area contributed by atoms with Crippen molar-refractivity contribution in [2.75, 3.05) is 14.2 Å². The molecule has 0 N–H and O–H groups in total. The summed E-state index contributed by atoms with van der Waals surface area (Å²) in [6, 6.07) is 16.9. The first-order valence-corrected chi connectivity index (χ1v) is 6.62. The summed E-state index contributed by atoms with van der Waals surface area (Å²) in [5.41, 5.74) is 4.85. The van der Waals surface area contributed by atoms with Crippen LogP contribution in [0.25, 0.3) is 33.0 Å². The number of ether oxygens (including phenoxy) is 2. The maximum atomic E-state index is 5.62. The molecular formula is C18H14O2. The Labute approximate surface area is 117 Å². The first-order chi connectivity index (χ1) is 9.85. The molecule has 3 aromatic carbocycles. The highest BCUT2D eigenvalue weighted by Crippen LogP contribution is 2.53.